The van der Waals surface area contributed by atoms with Crippen molar-refractivity contribution in [1.29, 1.82) is 0 Å². The van der Waals surface area contributed by atoms with Crippen molar-refractivity contribution in [3.05, 3.63) is 53.7 Å². The maximum atomic E-state index is 12.7. The number of hydrogen-bond acceptors (Lipinski definition) is 3. The average Bonchev–Trinajstić information content (AvgIpc) is 2.87. The van der Waals surface area contributed by atoms with Gasteiger partial charge in [-0.3, -0.25) is 0 Å². The standard InChI is InChI=1S/C19H19F3N2O2/c1-23(2)9-10-26-18(25)17-14-7-6-13(12-19(20,21)22)11-16(14)24-8-4-3-5-15(17)24/h3-8,11H,9-10,12H2,1-2H3. The number of halogens is 3. The molecular weight excluding hydrogens is 345 g/mol. The largest absolute Gasteiger partial charge is 0.461 e. The molecule has 0 bridgehead atoms. The molecule has 0 radical (unpaired) electrons. The first-order chi connectivity index (χ1) is 12.3. The lowest BCUT2D eigenvalue weighted by atomic mass is 10.1. The van der Waals surface area contributed by atoms with Crippen LogP contribution < -0.4 is 0 Å². The lowest BCUT2D eigenvalue weighted by molar-refractivity contribution is -0.127. The molecule has 0 amide bonds. The molecule has 0 saturated heterocycles. The van der Waals surface area contributed by atoms with Gasteiger partial charge >= 0.3 is 12.1 Å². The van der Waals surface area contributed by atoms with Gasteiger partial charge in [-0.2, -0.15) is 13.2 Å². The third kappa shape index (κ3) is 3.83. The summed E-state index contributed by atoms with van der Waals surface area (Å²) < 4.78 is 45.2. The van der Waals surface area contributed by atoms with Gasteiger partial charge in [-0.05, 0) is 37.9 Å². The number of aromatic nitrogens is 1. The van der Waals surface area contributed by atoms with Gasteiger partial charge in [0.15, 0.2) is 0 Å². The molecule has 0 saturated carbocycles. The maximum Gasteiger partial charge on any atom is 0.393 e. The first-order valence-electron chi connectivity index (χ1n) is 8.16. The van der Waals surface area contributed by atoms with Crippen molar-refractivity contribution < 1.29 is 22.7 Å². The van der Waals surface area contributed by atoms with Gasteiger partial charge in [-0.15, -0.1) is 0 Å². The van der Waals surface area contributed by atoms with E-state index in [0.717, 1.165) is 0 Å². The molecule has 4 nitrogen and oxygen atoms in total. The summed E-state index contributed by atoms with van der Waals surface area (Å²) in [6.45, 7) is 0.828. The Hall–Kier alpha value is -2.54. The Morgan fingerprint density at radius 1 is 1.15 bits per heavy atom. The highest BCUT2D eigenvalue weighted by molar-refractivity contribution is 6.11. The van der Waals surface area contributed by atoms with Crippen molar-refractivity contribution in [2.75, 3.05) is 27.2 Å². The predicted molar refractivity (Wildman–Crippen MR) is 93.5 cm³/mol. The number of nitrogens with zero attached hydrogens (tertiary/aromatic N) is 2. The molecule has 0 unspecified atom stereocenters. The van der Waals surface area contributed by atoms with Crippen LogP contribution in [-0.4, -0.2) is 48.7 Å². The van der Waals surface area contributed by atoms with E-state index in [1.165, 1.54) is 12.1 Å². The zero-order valence-electron chi connectivity index (χ0n) is 14.5. The molecule has 0 atom stereocenters. The second-order valence-electron chi connectivity index (χ2n) is 6.41. The number of fused-ring (bicyclic) bond motifs is 3. The number of pyridine rings is 1. The first-order valence-corrected chi connectivity index (χ1v) is 8.16. The fourth-order valence-corrected chi connectivity index (χ4v) is 2.93. The third-order valence-electron chi connectivity index (χ3n) is 4.09. The Balaban J connectivity index is 2.05. The van der Waals surface area contributed by atoms with Crippen LogP contribution in [-0.2, 0) is 11.2 Å². The summed E-state index contributed by atoms with van der Waals surface area (Å²) in [6, 6.07) is 9.75. The Morgan fingerprint density at radius 3 is 2.62 bits per heavy atom. The van der Waals surface area contributed by atoms with Crippen molar-refractivity contribution in [3.63, 3.8) is 0 Å². The molecular formula is C19H19F3N2O2. The van der Waals surface area contributed by atoms with Crippen LogP contribution in [0.2, 0.25) is 0 Å². The summed E-state index contributed by atoms with van der Waals surface area (Å²) in [4.78, 5) is 14.5. The van der Waals surface area contributed by atoms with Gasteiger partial charge in [-0.1, -0.05) is 18.2 Å². The van der Waals surface area contributed by atoms with E-state index in [0.29, 0.717) is 28.5 Å². The molecule has 1 aromatic carbocycles. The summed E-state index contributed by atoms with van der Waals surface area (Å²) in [7, 11) is 3.75. The highest BCUT2D eigenvalue weighted by Crippen LogP contribution is 2.30. The third-order valence-corrected chi connectivity index (χ3v) is 4.09. The smallest absolute Gasteiger partial charge is 0.393 e. The monoisotopic (exact) mass is 364 g/mol. The molecule has 0 fully saturated rings. The normalized spacial score (nSPS) is 12.2. The molecule has 0 aliphatic heterocycles. The number of ether oxygens (including phenoxy) is 1. The molecule has 0 N–H and O–H groups in total. The fraction of sp³-hybridized carbons (Fsp3) is 0.316. The zero-order chi connectivity index (χ0) is 18.9. The molecule has 2 aromatic heterocycles. The molecule has 0 spiro atoms. The van der Waals surface area contributed by atoms with Crippen LogP contribution in [0, 0.1) is 0 Å². The molecule has 3 aromatic rings. The van der Waals surface area contributed by atoms with Gasteiger partial charge in [0.2, 0.25) is 0 Å². The van der Waals surface area contributed by atoms with Gasteiger partial charge in [0.05, 0.1) is 23.0 Å². The van der Waals surface area contributed by atoms with E-state index in [9.17, 15) is 18.0 Å². The van der Waals surface area contributed by atoms with Crippen LogP contribution in [0.5, 0.6) is 0 Å². The quantitative estimate of drug-likeness (QED) is 0.644. The number of esters is 1. The number of benzene rings is 1. The summed E-state index contributed by atoms with van der Waals surface area (Å²) in [5, 5.41) is 0.581. The van der Waals surface area contributed by atoms with E-state index < -0.39 is 18.6 Å². The minimum Gasteiger partial charge on any atom is -0.461 e. The summed E-state index contributed by atoms with van der Waals surface area (Å²) >= 11 is 0. The van der Waals surface area contributed by atoms with Crippen molar-refractivity contribution in [1.82, 2.24) is 9.30 Å². The second-order valence-corrected chi connectivity index (χ2v) is 6.41. The number of carbonyl (C=O) groups excluding carboxylic acids is 1. The molecule has 26 heavy (non-hydrogen) atoms. The van der Waals surface area contributed by atoms with E-state index in [-0.39, 0.29) is 12.2 Å². The maximum absolute atomic E-state index is 12.7. The summed E-state index contributed by atoms with van der Waals surface area (Å²) in [5.74, 6) is -0.478. The Bertz CT molecular complexity index is 945. The Kier molecular flexibility index (Phi) is 4.91. The van der Waals surface area contributed by atoms with Crippen molar-refractivity contribution in [2.24, 2.45) is 0 Å². The highest BCUT2D eigenvalue weighted by Gasteiger charge is 2.28. The number of rotatable bonds is 5. The van der Waals surface area contributed by atoms with Gasteiger partial charge in [0.25, 0.3) is 0 Å². The average molecular weight is 364 g/mol. The van der Waals surface area contributed by atoms with Crippen LogP contribution in [0.3, 0.4) is 0 Å². The van der Waals surface area contributed by atoms with Gasteiger partial charge in [-0.25, -0.2) is 4.79 Å². The van der Waals surface area contributed by atoms with Gasteiger partial charge in [0.1, 0.15) is 6.61 Å². The SMILES string of the molecule is CN(C)CCOC(=O)c1c2ccc(CC(F)(F)F)cc2n2ccccc12. The molecule has 0 aliphatic rings. The molecule has 7 heteroatoms. The molecule has 3 rings (SSSR count). The molecule has 138 valence electrons. The molecule has 0 aliphatic carbocycles. The minimum absolute atomic E-state index is 0.153. The van der Waals surface area contributed by atoms with E-state index in [2.05, 4.69) is 0 Å². The Morgan fingerprint density at radius 2 is 1.92 bits per heavy atom. The zero-order valence-corrected chi connectivity index (χ0v) is 14.5. The number of alkyl halides is 3. The highest BCUT2D eigenvalue weighted by atomic mass is 19.4. The summed E-state index contributed by atoms with van der Waals surface area (Å²) in [5.41, 5.74) is 1.70. The predicted octanol–water partition coefficient (Wildman–Crippen LogP) is 3.92. The van der Waals surface area contributed by atoms with Crippen LogP contribution >= 0.6 is 0 Å². The molecule has 2 heterocycles. The summed E-state index contributed by atoms with van der Waals surface area (Å²) in [6.07, 6.45) is -3.56. The van der Waals surface area contributed by atoms with E-state index in [1.807, 2.05) is 19.0 Å². The van der Waals surface area contributed by atoms with Crippen molar-refractivity contribution >= 4 is 22.4 Å². The van der Waals surface area contributed by atoms with Gasteiger partial charge < -0.3 is 14.0 Å². The second kappa shape index (κ2) is 6.99. The van der Waals surface area contributed by atoms with Crippen LogP contribution in [0.1, 0.15) is 15.9 Å². The van der Waals surface area contributed by atoms with E-state index in [1.54, 1.807) is 34.9 Å². The lowest BCUT2D eigenvalue weighted by Gasteiger charge is -2.10. The van der Waals surface area contributed by atoms with Crippen LogP contribution in [0.4, 0.5) is 13.2 Å². The van der Waals surface area contributed by atoms with Crippen molar-refractivity contribution in [3.8, 4) is 0 Å². The number of hydrogen-bond donors (Lipinski definition) is 0. The minimum atomic E-state index is -4.28. The van der Waals surface area contributed by atoms with E-state index in [4.69, 9.17) is 4.74 Å². The topological polar surface area (TPSA) is 34.0 Å². The number of likely N-dealkylation sites (N-methyl/N-ethyl adjacent to an activating group) is 1. The lowest BCUT2D eigenvalue weighted by Crippen LogP contribution is -2.20. The van der Waals surface area contributed by atoms with Crippen LogP contribution in [0.15, 0.2) is 42.6 Å². The fourth-order valence-electron chi connectivity index (χ4n) is 2.93. The van der Waals surface area contributed by atoms with Crippen LogP contribution in [0.25, 0.3) is 16.4 Å². The van der Waals surface area contributed by atoms with Crippen molar-refractivity contribution in [2.45, 2.75) is 12.6 Å². The first kappa shape index (κ1) is 18.3. The van der Waals surface area contributed by atoms with E-state index >= 15 is 0 Å². The van der Waals surface area contributed by atoms with Gasteiger partial charge in [0, 0.05) is 18.1 Å². The Labute approximate surface area is 148 Å². The number of carbonyl (C=O) groups is 1.